The van der Waals surface area contributed by atoms with Crippen molar-refractivity contribution in [1.29, 1.82) is 0 Å². The number of rotatable bonds is 7. The highest BCUT2D eigenvalue weighted by atomic mass is 79.9. The standard InChI is InChI=1S/C27H20BrF3N2O3/c1-35-24-13-20(15-32-33-26(34)18-8-5-10-21(12-18)27(29,30)31)23(28)14-25(24)36-16-19-9-4-7-17-6-2-3-11-22(17)19/h2-15H,16H2,1H3,(H,33,34)/b32-15-. The Kier molecular flexibility index (Phi) is 7.59. The molecule has 184 valence electrons. The summed E-state index contributed by atoms with van der Waals surface area (Å²) in [5, 5.41) is 6.08. The number of alkyl halides is 3. The summed E-state index contributed by atoms with van der Waals surface area (Å²) < 4.78 is 50.8. The van der Waals surface area contributed by atoms with Crippen LogP contribution in [-0.2, 0) is 12.8 Å². The molecule has 4 rings (SSSR count). The van der Waals surface area contributed by atoms with Gasteiger partial charge in [0, 0.05) is 15.6 Å². The Bertz CT molecular complexity index is 1430. The van der Waals surface area contributed by atoms with Crippen LogP contribution in [0, 0.1) is 0 Å². The monoisotopic (exact) mass is 556 g/mol. The summed E-state index contributed by atoms with van der Waals surface area (Å²) in [7, 11) is 1.50. The Balaban J connectivity index is 1.47. The molecule has 0 aliphatic heterocycles. The molecule has 0 radical (unpaired) electrons. The zero-order valence-electron chi connectivity index (χ0n) is 19.0. The molecule has 0 aliphatic rings. The van der Waals surface area contributed by atoms with Crippen molar-refractivity contribution in [3.63, 3.8) is 0 Å². The number of ether oxygens (including phenoxy) is 2. The molecule has 0 aliphatic carbocycles. The first-order chi connectivity index (χ1) is 17.3. The molecule has 1 amide bonds. The van der Waals surface area contributed by atoms with Crippen LogP contribution in [0.25, 0.3) is 10.8 Å². The van der Waals surface area contributed by atoms with Crippen LogP contribution < -0.4 is 14.9 Å². The smallest absolute Gasteiger partial charge is 0.416 e. The molecule has 0 saturated carbocycles. The first kappa shape index (κ1) is 25.2. The van der Waals surface area contributed by atoms with Crippen LogP contribution in [-0.4, -0.2) is 19.2 Å². The molecule has 1 N–H and O–H groups in total. The highest BCUT2D eigenvalue weighted by molar-refractivity contribution is 9.10. The van der Waals surface area contributed by atoms with Gasteiger partial charge in [-0.1, -0.05) is 48.5 Å². The maximum absolute atomic E-state index is 12.9. The van der Waals surface area contributed by atoms with Gasteiger partial charge >= 0.3 is 6.18 Å². The summed E-state index contributed by atoms with van der Waals surface area (Å²) in [6.07, 6.45) is -3.19. The Morgan fingerprint density at radius 3 is 2.53 bits per heavy atom. The summed E-state index contributed by atoms with van der Waals surface area (Å²) in [5.74, 6) is 0.182. The Labute approximate surface area is 213 Å². The average molecular weight is 557 g/mol. The lowest BCUT2D eigenvalue weighted by Gasteiger charge is -2.14. The second kappa shape index (κ2) is 10.8. The highest BCUT2D eigenvalue weighted by Crippen LogP contribution is 2.34. The SMILES string of the molecule is COc1cc(/C=N\NC(=O)c2cccc(C(F)(F)F)c2)c(Br)cc1OCc1cccc2ccccc12. The molecule has 0 heterocycles. The Morgan fingerprint density at radius 2 is 1.75 bits per heavy atom. The lowest BCUT2D eigenvalue weighted by molar-refractivity contribution is -0.137. The van der Waals surface area contributed by atoms with Gasteiger partial charge in [-0.2, -0.15) is 18.3 Å². The fourth-order valence-corrected chi connectivity index (χ4v) is 3.98. The summed E-state index contributed by atoms with van der Waals surface area (Å²) in [6, 6.07) is 21.5. The summed E-state index contributed by atoms with van der Waals surface area (Å²) >= 11 is 3.46. The third-order valence-electron chi connectivity index (χ3n) is 5.37. The number of carbonyl (C=O) groups is 1. The van der Waals surface area contributed by atoms with Gasteiger partial charge in [0.25, 0.3) is 5.91 Å². The molecule has 9 heteroatoms. The first-order valence-electron chi connectivity index (χ1n) is 10.7. The molecule has 36 heavy (non-hydrogen) atoms. The number of halogens is 4. The predicted molar refractivity (Wildman–Crippen MR) is 135 cm³/mol. The Hall–Kier alpha value is -3.85. The minimum absolute atomic E-state index is 0.157. The minimum atomic E-state index is -4.54. The van der Waals surface area contributed by atoms with E-state index >= 15 is 0 Å². The van der Waals surface area contributed by atoms with Gasteiger partial charge in [-0.25, -0.2) is 5.43 Å². The van der Waals surface area contributed by atoms with E-state index in [0.717, 1.165) is 28.5 Å². The van der Waals surface area contributed by atoms with E-state index in [1.54, 1.807) is 12.1 Å². The molecule has 5 nitrogen and oxygen atoms in total. The van der Waals surface area contributed by atoms with Crippen molar-refractivity contribution >= 4 is 38.8 Å². The van der Waals surface area contributed by atoms with Crippen molar-refractivity contribution in [2.45, 2.75) is 12.8 Å². The van der Waals surface area contributed by atoms with Crippen LogP contribution in [0.15, 0.2) is 88.4 Å². The van der Waals surface area contributed by atoms with Crippen LogP contribution >= 0.6 is 15.9 Å². The lowest BCUT2D eigenvalue weighted by atomic mass is 10.1. The van der Waals surface area contributed by atoms with Gasteiger partial charge in [-0.05, 0) is 62.6 Å². The van der Waals surface area contributed by atoms with E-state index < -0.39 is 17.6 Å². The number of fused-ring (bicyclic) bond motifs is 1. The van der Waals surface area contributed by atoms with Crippen molar-refractivity contribution < 1.29 is 27.4 Å². The first-order valence-corrected chi connectivity index (χ1v) is 11.5. The van der Waals surface area contributed by atoms with Crippen LogP contribution in [0.1, 0.15) is 27.0 Å². The number of hydrogen-bond acceptors (Lipinski definition) is 4. The third-order valence-corrected chi connectivity index (χ3v) is 6.05. The van der Waals surface area contributed by atoms with Crippen LogP contribution in [0.3, 0.4) is 0 Å². The normalized spacial score (nSPS) is 11.6. The number of methoxy groups -OCH3 is 1. The van der Waals surface area contributed by atoms with Gasteiger partial charge in [-0.3, -0.25) is 4.79 Å². The van der Waals surface area contributed by atoms with Crippen LogP contribution in [0.4, 0.5) is 13.2 Å². The lowest BCUT2D eigenvalue weighted by Crippen LogP contribution is -2.18. The van der Waals surface area contributed by atoms with Gasteiger partial charge in [0.2, 0.25) is 0 Å². The molecule has 0 saturated heterocycles. The second-order valence-corrected chi connectivity index (χ2v) is 8.58. The maximum Gasteiger partial charge on any atom is 0.416 e. The van der Waals surface area contributed by atoms with Crippen molar-refractivity contribution in [3.8, 4) is 11.5 Å². The fraction of sp³-hybridized carbons (Fsp3) is 0.111. The van der Waals surface area contributed by atoms with Gasteiger partial charge in [-0.15, -0.1) is 0 Å². The number of nitrogens with zero attached hydrogens (tertiary/aromatic N) is 1. The number of hydrazone groups is 1. The zero-order chi connectivity index (χ0) is 25.7. The largest absolute Gasteiger partial charge is 0.493 e. The minimum Gasteiger partial charge on any atom is -0.493 e. The van der Waals surface area contributed by atoms with Gasteiger partial charge < -0.3 is 9.47 Å². The van der Waals surface area contributed by atoms with Gasteiger partial charge in [0.1, 0.15) is 6.61 Å². The van der Waals surface area contributed by atoms with E-state index in [4.69, 9.17) is 9.47 Å². The van der Waals surface area contributed by atoms with E-state index in [2.05, 4.69) is 26.5 Å². The molecule has 0 fully saturated rings. The van der Waals surface area contributed by atoms with Crippen molar-refractivity contribution in [2.24, 2.45) is 5.10 Å². The van der Waals surface area contributed by atoms with Gasteiger partial charge in [0.05, 0.1) is 18.9 Å². The third kappa shape index (κ3) is 5.85. The van der Waals surface area contributed by atoms with Crippen molar-refractivity contribution in [1.82, 2.24) is 5.43 Å². The molecule has 4 aromatic rings. The number of amides is 1. The zero-order valence-corrected chi connectivity index (χ0v) is 20.6. The summed E-state index contributed by atoms with van der Waals surface area (Å²) in [6.45, 7) is 0.324. The number of benzene rings is 4. The van der Waals surface area contributed by atoms with Crippen molar-refractivity contribution in [2.75, 3.05) is 7.11 Å². The van der Waals surface area contributed by atoms with E-state index in [1.807, 2.05) is 42.5 Å². The van der Waals surface area contributed by atoms with E-state index in [1.165, 1.54) is 25.5 Å². The topological polar surface area (TPSA) is 59.9 Å². The van der Waals surface area contributed by atoms with E-state index in [0.29, 0.717) is 28.1 Å². The molecular weight excluding hydrogens is 537 g/mol. The second-order valence-electron chi connectivity index (χ2n) is 7.73. The predicted octanol–water partition coefficient (Wildman–Crippen LogP) is 6.97. The Morgan fingerprint density at radius 1 is 1.00 bits per heavy atom. The van der Waals surface area contributed by atoms with Crippen LogP contribution in [0.5, 0.6) is 11.5 Å². The number of carbonyl (C=O) groups excluding carboxylic acids is 1. The maximum atomic E-state index is 12.9. The van der Waals surface area contributed by atoms with E-state index in [-0.39, 0.29) is 5.56 Å². The molecule has 4 aromatic carbocycles. The van der Waals surface area contributed by atoms with E-state index in [9.17, 15) is 18.0 Å². The quantitative estimate of drug-likeness (QED) is 0.197. The molecule has 0 atom stereocenters. The highest BCUT2D eigenvalue weighted by Gasteiger charge is 2.30. The number of hydrogen-bond donors (Lipinski definition) is 1. The molecule has 0 aromatic heterocycles. The van der Waals surface area contributed by atoms with Crippen molar-refractivity contribution in [3.05, 3.63) is 106 Å². The fourth-order valence-electron chi connectivity index (χ4n) is 3.56. The molecule has 0 spiro atoms. The van der Waals surface area contributed by atoms with Gasteiger partial charge in [0.15, 0.2) is 11.5 Å². The molecular formula is C27H20BrF3N2O3. The summed E-state index contributed by atoms with van der Waals surface area (Å²) in [4.78, 5) is 12.2. The number of nitrogens with one attached hydrogen (secondary N) is 1. The molecule has 0 bridgehead atoms. The average Bonchev–Trinajstić information content (AvgIpc) is 2.88. The summed E-state index contributed by atoms with van der Waals surface area (Å²) in [5.41, 5.74) is 2.76. The van der Waals surface area contributed by atoms with Crippen LogP contribution in [0.2, 0.25) is 0 Å². The molecule has 0 unspecified atom stereocenters.